The number of fused-ring (bicyclic) bond motifs is 1. The number of benzene rings is 1. The third-order valence-electron chi connectivity index (χ3n) is 4.10. The summed E-state index contributed by atoms with van der Waals surface area (Å²) in [5, 5.41) is 0.570. The number of rotatable bonds is 1. The zero-order valence-electron chi connectivity index (χ0n) is 11.6. The van der Waals surface area contributed by atoms with E-state index in [1.165, 1.54) is 11.3 Å². The van der Waals surface area contributed by atoms with Crippen molar-refractivity contribution < 1.29 is 14.3 Å². The molecule has 2 saturated heterocycles. The monoisotopic (exact) mass is 304 g/mol. The molecule has 4 rings (SSSR count). The largest absolute Gasteiger partial charge is 0.347 e. The zero-order chi connectivity index (χ0) is 14.3. The number of thiazole rings is 1. The maximum Gasteiger partial charge on any atom is 0.282 e. The number of likely N-dealkylation sites (tertiary alicyclic amines) is 1. The average molecular weight is 304 g/mol. The highest BCUT2D eigenvalue weighted by Crippen LogP contribution is 2.32. The molecule has 5 nitrogen and oxygen atoms in total. The molecule has 0 N–H and O–H groups in total. The van der Waals surface area contributed by atoms with E-state index in [-0.39, 0.29) is 5.91 Å². The second kappa shape index (κ2) is 5.05. The first-order chi connectivity index (χ1) is 10.3. The van der Waals surface area contributed by atoms with Crippen LogP contribution in [0.15, 0.2) is 24.3 Å². The molecule has 21 heavy (non-hydrogen) atoms. The second-order valence-corrected chi connectivity index (χ2v) is 6.42. The molecule has 2 fully saturated rings. The summed E-state index contributed by atoms with van der Waals surface area (Å²) in [7, 11) is 0. The summed E-state index contributed by atoms with van der Waals surface area (Å²) in [6.07, 6.45) is 1.48. The Morgan fingerprint density at radius 1 is 1.19 bits per heavy atom. The van der Waals surface area contributed by atoms with Crippen LogP contribution in [0.4, 0.5) is 0 Å². The maximum atomic E-state index is 12.6. The Kier molecular flexibility index (Phi) is 3.17. The highest BCUT2D eigenvalue weighted by Gasteiger charge is 2.41. The van der Waals surface area contributed by atoms with Crippen molar-refractivity contribution >= 4 is 27.5 Å². The maximum absolute atomic E-state index is 12.6. The van der Waals surface area contributed by atoms with Crippen molar-refractivity contribution in [3.63, 3.8) is 0 Å². The molecule has 0 saturated carbocycles. The minimum absolute atomic E-state index is 0.0176. The van der Waals surface area contributed by atoms with Crippen LogP contribution in [0.25, 0.3) is 10.2 Å². The molecule has 0 atom stereocenters. The van der Waals surface area contributed by atoms with Crippen LogP contribution in [0.2, 0.25) is 0 Å². The Morgan fingerprint density at radius 3 is 2.62 bits per heavy atom. The molecule has 2 aromatic rings. The van der Waals surface area contributed by atoms with Gasteiger partial charge in [-0.1, -0.05) is 12.1 Å². The number of ether oxygens (including phenoxy) is 2. The van der Waals surface area contributed by atoms with Crippen molar-refractivity contribution in [3.8, 4) is 0 Å². The summed E-state index contributed by atoms with van der Waals surface area (Å²) in [4.78, 5) is 18.9. The lowest BCUT2D eigenvalue weighted by atomic mass is 10.0. The van der Waals surface area contributed by atoms with Crippen LogP contribution in [0, 0.1) is 0 Å². The number of nitrogens with zero attached hydrogens (tertiary/aromatic N) is 2. The van der Waals surface area contributed by atoms with Crippen LogP contribution >= 0.6 is 11.3 Å². The highest BCUT2D eigenvalue weighted by atomic mass is 32.1. The number of hydrogen-bond acceptors (Lipinski definition) is 5. The summed E-state index contributed by atoms with van der Waals surface area (Å²) < 4.78 is 12.4. The van der Waals surface area contributed by atoms with Gasteiger partial charge in [-0.25, -0.2) is 4.98 Å². The molecule has 0 bridgehead atoms. The first-order valence-corrected chi connectivity index (χ1v) is 8.00. The van der Waals surface area contributed by atoms with Crippen molar-refractivity contribution in [2.75, 3.05) is 26.3 Å². The number of amides is 1. The SMILES string of the molecule is O=C(c1nc2ccccc2s1)N1CCC2(CC1)OCCO2. The Morgan fingerprint density at radius 2 is 1.90 bits per heavy atom. The van der Waals surface area contributed by atoms with E-state index in [2.05, 4.69) is 4.98 Å². The lowest BCUT2D eigenvalue weighted by Crippen LogP contribution is -2.47. The van der Waals surface area contributed by atoms with Gasteiger partial charge in [-0.2, -0.15) is 0 Å². The number of carbonyl (C=O) groups is 1. The van der Waals surface area contributed by atoms with E-state index in [1.807, 2.05) is 29.2 Å². The van der Waals surface area contributed by atoms with E-state index in [0.29, 0.717) is 31.3 Å². The predicted octanol–water partition coefficient (Wildman–Crippen LogP) is 2.28. The van der Waals surface area contributed by atoms with Gasteiger partial charge in [0.2, 0.25) is 0 Å². The van der Waals surface area contributed by atoms with Crippen molar-refractivity contribution in [3.05, 3.63) is 29.3 Å². The van der Waals surface area contributed by atoms with Gasteiger partial charge in [0, 0.05) is 25.9 Å². The van der Waals surface area contributed by atoms with Crippen molar-refractivity contribution in [1.82, 2.24) is 9.88 Å². The third kappa shape index (κ3) is 2.33. The van der Waals surface area contributed by atoms with Crippen LogP contribution in [0.3, 0.4) is 0 Å². The molecule has 3 heterocycles. The van der Waals surface area contributed by atoms with Crippen LogP contribution in [-0.4, -0.2) is 47.9 Å². The summed E-state index contributed by atoms with van der Waals surface area (Å²) in [5.74, 6) is -0.422. The Balaban J connectivity index is 1.50. The zero-order valence-corrected chi connectivity index (χ0v) is 12.4. The number of hydrogen-bond donors (Lipinski definition) is 0. The van der Waals surface area contributed by atoms with Crippen molar-refractivity contribution in [2.45, 2.75) is 18.6 Å². The third-order valence-corrected chi connectivity index (χ3v) is 5.13. The van der Waals surface area contributed by atoms with Crippen LogP contribution in [-0.2, 0) is 9.47 Å². The minimum atomic E-state index is -0.440. The lowest BCUT2D eigenvalue weighted by molar-refractivity contribution is -0.181. The van der Waals surface area contributed by atoms with Crippen LogP contribution < -0.4 is 0 Å². The van der Waals surface area contributed by atoms with Crippen molar-refractivity contribution in [2.24, 2.45) is 0 Å². The van der Waals surface area contributed by atoms with Gasteiger partial charge in [-0.3, -0.25) is 4.79 Å². The topological polar surface area (TPSA) is 51.7 Å². The van der Waals surface area contributed by atoms with Crippen LogP contribution in [0.1, 0.15) is 22.6 Å². The predicted molar refractivity (Wildman–Crippen MR) is 79.4 cm³/mol. The molecule has 0 radical (unpaired) electrons. The van der Waals surface area contributed by atoms with Crippen molar-refractivity contribution in [1.29, 1.82) is 0 Å². The van der Waals surface area contributed by atoms with E-state index in [1.54, 1.807) is 0 Å². The Bertz CT molecular complexity index is 635. The first kappa shape index (κ1) is 13.2. The van der Waals surface area contributed by atoms with Gasteiger partial charge >= 0.3 is 0 Å². The first-order valence-electron chi connectivity index (χ1n) is 7.19. The van der Waals surface area contributed by atoms with E-state index >= 15 is 0 Å². The highest BCUT2D eigenvalue weighted by molar-refractivity contribution is 7.20. The fourth-order valence-corrected chi connectivity index (χ4v) is 3.87. The molecule has 110 valence electrons. The van der Waals surface area contributed by atoms with Crippen LogP contribution in [0.5, 0.6) is 0 Å². The summed E-state index contributed by atoms with van der Waals surface area (Å²) >= 11 is 1.46. The second-order valence-electron chi connectivity index (χ2n) is 5.39. The molecule has 0 unspecified atom stereocenters. The smallest absolute Gasteiger partial charge is 0.282 e. The molecule has 1 spiro atoms. The molecule has 2 aliphatic rings. The lowest BCUT2D eigenvalue weighted by Gasteiger charge is -2.37. The summed E-state index contributed by atoms with van der Waals surface area (Å²) in [6.45, 7) is 2.64. The van der Waals surface area contributed by atoms with Gasteiger partial charge in [0.1, 0.15) is 0 Å². The van der Waals surface area contributed by atoms with E-state index in [9.17, 15) is 4.79 Å². The Hall–Kier alpha value is -1.50. The average Bonchev–Trinajstić information content (AvgIpc) is 3.14. The van der Waals surface area contributed by atoms with E-state index in [0.717, 1.165) is 23.1 Å². The van der Waals surface area contributed by atoms with Gasteiger partial charge in [0.15, 0.2) is 10.8 Å². The number of para-hydroxylation sites is 1. The van der Waals surface area contributed by atoms with Gasteiger partial charge in [-0.15, -0.1) is 11.3 Å². The number of piperidine rings is 1. The molecular formula is C15H16N2O3S. The molecule has 1 aromatic heterocycles. The normalized spacial score (nSPS) is 21.2. The number of carbonyl (C=O) groups excluding carboxylic acids is 1. The molecular weight excluding hydrogens is 288 g/mol. The summed E-state index contributed by atoms with van der Waals surface area (Å²) in [5.41, 5.74) is 0.891. The Labute approximate surface area is 126 Å². The van der Waals surface area contributed by atoms with Gasteiger partial charge in [0.05, 0.1) is 23.4 Å². The molecule has 1 amide bonds. The molecule has 1 aromatic carbocycles. The van der Waals surface area contributed by atoms with Gasteiger partial charge < -0.3 is 14.4 Å². The fraction of sp³-hybridized carbons (Fsp3) is 0.467. The minimum Gasteiger partial charge on any atom is -0.347 e. The quantitative estimate of drug-likeness (QED) is 0.811. The van der Waals surface area contributed by atoms with Gasteiger partial charge in [-0.05, 0) is 12.1 Å². The van der Waals surface area contributed by atoms with E-state index in [4.69, 9.17) is 9.47 Å². The summed E-state index contributed by atoms with van der Waals surface area (Å²) in [6, 6.07) is 7.84. The molecule has 6 heteroatoms. The van der Waals surface area contributed by atoms with Gasteiger partial charge in [0.25, 0.3) is 5.91 Å². The molecule has 2 aliphatic heterocycles. The standard InChI is InChI=1S/C15H16N2O3S/c18-14(13-16-11-3-1-2-4-12(11)21-13)17-7-5-15(6-8-17)19-9-10-20-15/h1-4H,5-10H2. The van der Waals surface area contributed by atoms with E-state index < -0.39 is 5.79 Å². The number of aromatic nitrogens is 1. The molecule has 0 aliphatic carbocycles. The fourth-order valence-electron chi connectivity index (χ4n) is 2.94.